The van der Waals surface area contributed by atoms with Crippen molar-refractivity contribution >= 4 is 28.5 Å². The first-order valence-corrected chi connectivity index (χ1v) is 7.94. The van der Waals surface area contributed by atoms with Gasteiger partial charge < -0.3 is 9.72 Å². The largest absolute Gasteiger partial charge is 0.427 e. The van der Waals surface area contributed by atoms with Gasteiger partial charge in [0.25, 0.3) is 5.56 Å². The number of hydrogen-bond donors (Lipinski definition) is 1. The van der Waals surface area contributed by atoms with Crippen molar-refractivity contribution in [1.82, 2.24) is 9.97 Å². The number of halogens is 1. The van der Waals surface area contributed by atoms with E-state index in [0.29, 0.717) is 40.3 Å². The number of rotatable bonds is 5. The van der Waals surface area contributed by atoms with Crippen LogP contribution in [0.25, 0.3) is 10.9 Å². The van der Waals surface area contributed by atoms with Crippen LogP contribution in [0.5, 0.6) is 5.75 Å². The van der Waals surface area contributed by atoms with E-state index in [-0.39, 0.29) is 17.9 Å². The van der Waals surface area contributed by atoms with Crippen molar-refractivity contribution in [3.05, 3.63) is 69.7 Å². The summed E-state index contributed by atoms with van der Waals surface area (Å²) in [6.07, 6.45) is 1.27. The quantitative estimate of drug-likeness (QED) is 0.569. The fourth-order valence-corrected chi connectivity index (χ4v) is 2.46. The maximum absolute atomic E-state index is 12.0. The molecule has 0 atom stereocenters. The lowest BCUT2D eigenvalue weighted by molar-refractivity contribution is -0.134. The molecule has 1 heterocycles. The van der Waals surface area contributed by atoms with E-state index in [9.17, 15) is 9.59 Å². The molecule has 2 aromatic carbocycles. The maximum Gasteiger partial charge on any atom is 0.311 e. The Hall–Kier alpha value is -2.66. The van der Waals surface area contributed by atoms with Gasteiger partial charge in [-0.1, -0.05) is 23.7 Å². The number of aromatic amines is 1. The molecule has 0 bridgehead atoms. The zero-order valence-corrected chi connectivity index (χ0v) is 13.5. The van der Waals surface area contributed by atoms with Gasteiger partial charge in [-0.2, -0.15) is 0 Å². The lowest BCUT2D eigenvalue weighted by atomic mass is 10.2. The van der Waals surface area contributed by atoms with Crippen molar-refractivity contribution < 1.29 is 9.53 Å². The minimum atomic E-state index is -0.333. The molecule has 6 heteroatoms. The van der Waals surface area contributed by atoms with Gasteiger partial charge in [0.15, 0.2) is 0 Å². The van der Waals surface area contributed by atoms with Crippen LogP contribution in [0.1, 0.15) is 18.7 Å². The molecule has 24 heavy (non-hydrogen) atoms. The van der Waals surface area contributed by atoms with E-state index < -0.39 is 0 Å². The van der Waals surface area contributed by atoms with Crippen molar-refractivity contribution in [3.63, 3.8) is 0 Å². The van der Waals surface area contributed by atoms with Crippen LogP contribution in [0.2, 0.25) is 5.02 Å². The fraction of sp³-hybridized carbons (Fsp3) is 0.167. The van der Waals surface area contributed by atoms with E-state index in [2.05, 4.69) is 9.97 Å². The number of nitrogens with zero attached hydrogens (tertiary/aromatic N) is 1. The van der Waals surface area contributed by atoms with Crippen molar-refractivity contribution in [1.29, 1.82) is 0 Å². The number of benzene rings is 2. The van der Waals surface area contributed by atoms with Crippen LogP contribution < -0.4 is 10.3 Å². The second kappa shape index (κ2) is 7.27. The first kappa shape index (κ1) is 16.2. The summed E-state index contributed by atoms with van der Waals surface area (Å²) in [6, 6.07) is 13.8. The Balaban J connectivity index is 1.57. The number of aryl methyl sites for hydroxylation is 1. The summed E-state index contributed by atoms with van der Waals surface area (Å²) in [5.74, 6) is 0.695. The van der Waals surface area contributed by atoms with Crippen LogP contribution in [-0.2, 0) is 11.2 Å². The number of carbonyl (C=O) groups excluding carboxylic acids is 1. The third-order valence-electron chi connectivity index (χ3n) is 3.50. The lowest BCUT2D eigenvalue weighted by Gasteiger charge is -2.05. The molecule has 0 radical (unpaired) electrons. The van der Waals surface area contributed by atoms with Gasteiger partial charge in [-0.25, -0.2) is 4.98 Å². The molecule has 3 aromatic rings. The summed E-state index contributed by atoms with van der Waals surface area (Å²) >= 11 is 5.78. The Morgan fingerprint density at radius 2 is 1.88 bits per heavy atom. The number of nitrogens with one attached hydrogen (secondary N) is 1. The fourth-order valence-electron chi connectivity index (χ4n) is 2.34. The minimum Gasteiger partial charge on any atom is -0.427 e. The highest BCUT2D eigenvalue weighted by Crippen LogP contribution is 2.16. The number of fused-ring (bicyclic) bond motifs is 1. The minimum absolute atomic E-state index is 0.167. The van der Waals surface area contributed by atoms with Crippen molar-refractivity contribution in [2.75, 3.05) is 0 Å². The molecule has 0 saturated carbocycles. The molecule has 0 aliphatic rings. The molecular formula is C18H15ClN2O3. The molecule has 1 N–H and O–H groups in total. The molecule has 122 valence electrons. The zero-order valence-electron chi connectivity index (χ0n) is 12.8. The van der Waals surface area contributed by atoms with E-state index in [0.717, 1.165) is 0 Å². The summed E-state index contributed by atoms with van der Waals surface area (Å²) in [5, 5.41) is 1.14. The van der Waals surface area contributed by atoms with Gasteiger partial charge in [-0.15, -0.1) is 0 Å². The SMILES string of the molecule is O=C(CCCc1nc2ccccc2c(=O)[nH]1)Oc1ccc(Cl)cc1. The molecule has 1 aromatic heterocycles. The van der Waals surface area contributed by atoms with Gasteiger partial charge in [-0.05, 0) is 42.8 Å². The van der Waals surface area contributed by atoms with Gasteiger partial charge in [0.05, 0.1) is 10.9 Å². The summed E-state index contributed by atoms with van der Waals surface area (Å²) in [4.78, 5) is 30.9. The molecule has 5 nitrogen and oxygen atoms in total. The smallest absolute Gasteiger partial charge is 0.311 e. The predicted octanol–water partition coefficient (Wildman–Crippen LogP) is 3.50. The molecule has 3 rings (SSSR count). The Labute approximate surface area is 143 Å². The van der Waals surface area contributed by atoms with E-state index >= 15 is 0 Å². The predicted molar refractivity (Wildman–Crippen MR) is 92.4 cm³/mol. The summed E-state index contributed by atoms with van der Waals surface area (Å²) in [5.41, 5.74) is 0.485. The third-order valence-corrected chi connectivity index (χ3v) is 3.75. The highest BCUT2D eigenvalue weighted by Gasteiger charge is 2.07. The maximum atomic E-state index is 12.0. The Bertz CT molecular complexity index is 919. The van der Waals surface area contributed by atoms with E-state index in [1.165, 1.54) is 0 Å². The zero-order chi connectivity index (χ0) is 16.9. The Morgan fingerprint density at radius 1 is 1.12 bits per heavy atom. The molecule has 0 amide bonds. The Morgan fingerprint density at radius 3 is 2.67 bits per heavy atom. The first-order valence-electron chi connectivity index (χ1n) is 7.56. The van der Waals surface area contributed by atoms with Crippen molar-refractivity contribution in [2.45, 2.75) is 19.3 Å². The molecule has 0 fully saturated rings. The van der Waals surface area contributed by atoms with Crippen molar-refractivity contribution in [3.8, 4) is 5.75 Å². The molecule has 0 saturated heterocycles. The van der Waals surface area contributed by atoms with Gasteiger partial charge in [0, 0.05) is 17.9 Å². The van der Waals surface area contributed by atoms with Crippen LogP contribution in [-0.4, -0.2) is 15.9 Å². The van der Waals surface area contributed by atoms with Crippen molar-refractivity contribution in [2.24, 2.45) is 0 Å². The Kier molecular flexibility index (Phi) is 4.91. The van der Waals surface area contributed by atoms with E-state index in [1.54, 1.807) is 42.5 Å². The van der Waals surface area contributed by atoms with Gasteiger partial charge in [-0.3, -0.25) is 9.59 Å². The van der Waals surface area contributed by atoms with Gasteiger partial charge in [0.1, 0.15) is 11.6 Å². The standard InChI is InChI=1S/C18H15ClN2O3/c19-12-8-10-13(11-9-12)24-17(22)7-3-6-16-20-15-5-2-1-4-14(15)18(23)21-16/h1-2,4-5,8-11H,3,6-7H2,(H,20,21,23). The molecule has 0 aliphatic carbocycles. The number of carbonyl (C=O) groups is 1. The number of hydrogen-bond acceptors (Lipinski definition) is 4. The summed E-state index contributed by atoms with van der Waals surface area (Å²) in [7, 11) is 0. The average Bonchev–Trinajstić information content (AvgIpc) is 2.57. The highest BCUT2D eigenvalue weighted by atomic mass is 35.5. The number of aromatic nitrogens is 2. The van der Waals surface area contributed by atoms with Gasteiger partial charge in [0.2, 0.25) is 0 Å². The normalized spacial score (nSPS) is 10.7. The summed E-state index contributed by atoms with van der Waals surface area (Å²) in [6.45, 7) is 0. The lowest BCUT2D eigenvalue weighted by Crippen LogP contribution is -2.13. The van der Waals surface area contributed by atoms with Crippen LogP contribution >= 0.6 is 11.6 Å². The number of esters is 1. The number of H-pyrrole nitrogens is 1. The first-order chi connectivity index (χ1) is 11.6. The topological polar surface area (TPSA) is 72.0 Å². The van der Waals surface area contributed by atoms with E-state index in [4.69, 9.17) is 16.3 Å². The second-order valence-corrected chi connectivity index (χ2v) is 5.75. The van der Waals surface area contributed by atoms with Crippen LogP contribution in [0.4, 0.5) is 0 Å². The van der Waals surface area contributed by atoms with Gasteiger partial charge >= 0.3 is 5.97 Å². The molecule has 0 aliphatic heterocycles. The molecular weight excluding hydrogens is 328 g/mol. The van der Waals surface area contributed by atoms with Crippen LogP contribution in [0, 0.1) is 0 Å². The second-order valence-electron chi connectivity index (χ2n) is 5.31. The van der Waals surface area contributed by atoms with E-state index in [1.807, 2.05) is 6.07 Å². The molecule has 0 unspecified atom stereocenters. The average molecular weight is 343 g/mol. The molecule has 0 spiro atoms. The van der Waals surface area contributed by atoms with Crippen LogP contribution in [0.3, 0.4) is 0 Å². The third kappa shape index (κ3) is 4.00. The monoisotopic (exact) mass is 342 g/mol. The number of ether oxygens (including phenoxy) is 1. The number of para-hydroxylation sites is 1. The van der Waals surface area contributed by atoms with Crippen LogP contribution in [0.15, 0.2) is 53.3 Å². The highest BCUT2D eigenvalue weighted by molar-refractivity contribution is 6.30. The summed E-state index contributed by atoms with van der Waals surface area (Å²) < 4.78 is 5.21.